The van der Waals surface area contributed by atoms with E-state index in [1.807, 2.05) is 11.3 Å². The Balaban J connectivity index is 1.08. The highest BCUT2D eigenvalue weighted by molar-refractivity contribution is 7.26. The molecule has 1 unspecified atom stereocenters. The standard InChI is InChI=1S/C65H60BN3OS/c1-39-34-54-60-55(35-39)68(52-22-16-20-44-43-18-10-12-23-56(43)70-61(44)52)53-38-42(69-49-30-26-40(62(2,3)4)36-46(49)64(8)32-14-15-33-65(64,69)9)28-29-47(53)66(60)48-37-41(63(5,6)7)27-31-50(48)67(54)51-21-17-25-58-59(51)45-19-11-13-24-57(45)71-58/h10-13,16-31,34-38H,14-15,32-33H2,1-9H3/t64?,65-/m1/s1. The van der Waals surface area contributed by atoms with E-state index in [1.54, 1.807) is 0 Å². The summed E-state index contributed by atoms with van der Waals surface area (Å²) in [6, 6.07) is 58.4. The zero-order valence-electron chi connectivity index (χ0n) is 42.5. The van der Waals surface area contributed by atoms with Crippen molar-refractivity contribution in [2.75, 3.05) is 14.7 Å². The molecule has 0 bridgehead atoms. The molecule has 1 saturated carbocycles. The summed E-state index contributed by atoms with van der Waals surface area (Å²) in [7, 11) is 0. The van der Waals surface area contributed by atoms with Gasteiger partial charge in [-0.05, 0) is 143 Å². The maximum atomic E-state index is 7.03. The van der Waals surface area contributed by atoms with Crippen molar-refractivity contribution < 1.29 is 4.42 Å². The largest absolute Gasteiger partial charge is 0.454 e. The maximum Gasteiger partial charge on any atom is 0.252 e. The summed E-state index contributed by atoms with van der Waals surface area (Å²) in [6.45, 7) is 21.5. The number of hydrogen-bond acceptors (Lipinski definition) is 5. The van der Waals surface area contributed by atoms with E-state index in [9.17, 15) is 0 Å². The summed E-state index contributed by atoms with van der Waals surface area (Å²) in [5.74, 6) is 0. The van der Waals surface area contributed by atoms with Crippen LogP contribution in [0.5, 0.6) is 0 Å². The molecule has 5 heterocycles. The molecule has 4 aliphatic rings. The van der Waals surface area contributed by atoms with Gasteiger partial charge in [0.05, 0.1) is 16.9 Å². The zero-order chi connectivity index (χ0) is 48.5. The average molecular weight is 942 g/mol. The van der Waals surface area contributed by atoms with Crippen LogP contribution in [0.3, 0.4) is 0 Å². The Hall–Kier alpha value is -6.76. The van der Waals surface area contributed by atoms with Crippen LogP contribution in [-0.4, -0.2) is 12.3 Å². The van der Waals surface area contributed by atoms with Crippen LogP contribution in [0.1, 0.15) is 103 Å². The summed E-state index contributed by atoms with van der Waals surface area (Å²) < 4.78 is 9.64. The molecule has 4 nitrogen and oxygen atoms in total. The van der Waals surface area contributed by atoms with Gasteiger partial charge in [0.1, 0.15) is 5.58 Å². The molecule has 0 saturated heterocycles. The minimum absolute atomic E-state index is 0.00166. The highest BCUT2D eigenvalue weighted by atomic mass is 32.1. The summed E-state index contributed by atoms with van der Waals surface area (Å²) in [5, 5.41) is 4.88. The lowest BCUT2D eigenvalue weighted by Crippen LogP contribution is -2.61. The van der Waals surface area contributed by atoms with E-state index in [0.717, 1.165) is 34.0 Å². The number of nitrogens with zero attached hydrogens (tertiary/aromatic N) is 3. The number of fused-ring (bicyclic) bond motifs is 13. The molecule has 8 aromatic carbocycles. The van der Waals surface area contributed by atoms with Gasteiger partial charge in [-0.2, -0.15) is 0 Å². The number of thiophene rings is 1. The summed E-state index contributed by atoms with van der Waals surface area (Å²) in [6.07, 6.45) is 4.80. The van der Waals surface area contributed by atoms with Crippen molar-refractivity contribution in [2.24, 2.45) is 0 Å². The second kappa shape index (κ2) is 14.7. The summed E-state index contributed by atoms with van der Waals surface area (Å²) >= 11 is 1.89. The summed E-state index contributed by atoms with van der Waals surface area (Å²) in [4.78, 5) is 7.97. The Morgan fingerprint density at radius 2 is 1.18 bits per heavy atom. The first-order valence-corrected chi connectivity index (χ1v) is 26.7. The topological polar surface area (TPSA) is 22.9 Å². The highest BCUT2D eigenvalue weighted by Gasteiger charge is 2.58. The van der Waals surface area contributed by atoms with Crippen molar-refractivity contribution in [3.8, 4) is 0 Å². The van der Waals surface area contributed by atoms with Gasteiger partial charge in [0.15, 0.2) is 5.58 Å². The van der Waals surface area contributed by atoms with Crippen molar-refractivity contribution in [3.05, 3.63) is 174 Å². The third kappa shape index (κ3) is 5.92. The Labute approximate surface area is 422 Å². The monoisotopic (exact) mass is 941 g/mol. The molecule has 2 aromatic heterocycles. The number of para-hydroxylation sites is 2. The van der Waals surface area contributed by atoms with Crippen LogP contribution in [0, 0.1) is 6.92 Å². The maximum absolute atomic E-state index is 7.03. The molecule has 10 aromatic rings. The fraction of sp³-hybridized carbons (Fsp3) is 0.262. The number of anilines is 8. The van der Waals surface area contributed by atoms with Gasteiger partial charge in [-0.25, -0.2) is 0 Å². The predicted octanol–water partition coefficient (Wildman–Crippen LogP) is 16.7. The molecule has 0 N–H and O–H groups in total. The molecular formula is C65H60BN3OS. The molecular weight excluding hydrogens is 882 g/mol. The Morgan fingerprint density at radius 1 is 0.535 bits per heavy atom. The first-order chi connectivity index (χ1) is 34.1. The van der Waals surface area contributed by atoms with Crippen molar-refractivity contribution in [1.29, 1.82) is 0 Å². The van der Waals surface area contributed by atoms with Gasteiger partial charge in [-0.15, -0.1) is 11.3 Å². The Morgan fingerprint density at radius 3 is 1.97 bits per heavy atom. The van der Waals surface area contributed by atoms with Gasteiger partial charge >= 0.3 is 0 Å². The van der Waals surface area contributed by atoms with E-state index in [1.165, 1.54) is 118 Å². The molecule has 2 atom stereocenters. The third-order valence-electron chi connectivity index (χ3n) is 17.5. The van der Waals surface area contributed by atoms with E-state index in [-0.39, 0.29) is 28.5 Å². The lowest BCUT2D eigenvalue weighted by molar-refractivity contribution is 0.195. The smallest absolute Gasteiger partial charge is 0.252 e. The van der Waals surface area contributed by atoms with Crippen molar-refractivity contribution in [2.45, 2.75) is 110 Å². The molecule has 0 amide bonds. The van der Waals surface area contributed by atoms with Gasteiger partial charge in [0, 0.05) is 70.5 Å². The average Bonchev–Trinajstić information content (AvgIpc) is 3.99. The van der Waals surface area contributed by atoms with Crippen molar-refractivity contribution >= 4 is 122 Å². The molecule has 0 radical (unpaired) electrons. The van der Waals surface area contributed by atoms with Gasteiger partial charge in [0.2, 0.25) is 0 Å². The van der Waals surface area contributed by atoms with Crippen molar-refractivity contribution in [3.63, 3.8) is 0 Å². The van der Waals surface area contributed by atoms with Crippen LogP contribution < -0.4 is 31.1 Å². The zero-order valence-corrected chi connectivity index (χ0v) is 43.3. The molecule has 3 aliphatic heterocycles. The lowest BCUT2D eigenvalue weighted by Gasteiger charge is -2.50. The van der Waals surface area contributed by atoms with Gasteiger partial charge in [0.25, 0.3) is 6.71 Å². The van der Waals surface area contributed by atoms with E-state index in [0.29, 0.717) is 0 Å². The minimum Gasteiger partial charge on any atom is -0.454 e. The second-order valence-electron chi connectivity index (χ2n) is 23.7. The van der Waals surface area contributed by atoms with Crippen LogP contribution in [0.15, 0.2) is 156 Å². The molecule has 6 heteroatoms. The first-order valence-electron chi connectivity index (χ1n) is 25.9. The van der Waals surface area contributed by atoms with Crippen LogP contribution >= 0.6 is 11.3 Å². The molecule has 1 aliphatic carbocycles. The van der Waals surface area contributed by atoms with E-state index in [2.05, 4.69) is 229 Å². The summed E-state index contributed by atoms with van der Waals surface area (Å²) in [5.41, 5.74) is 20.9. The second-order valence-corrected chi connectivity index (χ2v) is 24.8. The van der Waals surface area contributed by atoms with Gasteiger partial charge < -0.3 is 19.1 Å². The van der Waals surface area contributed by atoms with Crippen LogP contribution in [0.25, 0.3) is 42.1 Å². The molecule has 71 heavy (non-hydrogen) atoms. The Bertz CT molecular complexity index is 3900. The molecule has 0 spiro atoms. The van der Waals surface area contributed by atoms with Crippen LogP contribution in [0.2, 0.25) is 0 Å². The highest BCUT2D eigenvalue weighted by Crippen LogP contribution is 2.62. The Kier molecular flexibility index (Phi) is 8.90. The van der Waals surface area contributed by atoms with Crippen LogP contribution in [0.4, 0.5) is 45.5 Å². The number of hydrogen-bond donors (Lipinski definition) is 0. The first kappa shape index (κ1) is 43.1. The van der Waals surface area contributed by atoms with E-state index in [4.69, 9.17) is 4.42 Å². The van der Waals surface area contributed by atoms with Gasteiger partial charge in [-0.3, -0.25) is 0 Å². The fourth-order valence-electron chi connectivity index (χ4n) is 13.7. The van der Waals surface area contributed by atoms with Crippen molar-refractivity contribution in [1.82, 2.24) is 0 Å². The number of furan rings is 1. The molecule has 1 fully saturated rings. The van der Waals surface area contributed by atoms with E-state index >= 15 is 0 Å². The van der Waals surface area contributed by atoms with Crippen LogP contribution in [-0.2, 0) is 16.2 Å². The number of rotatable bonds is 3. The molecule has 350 valence electrons. The van der Waals surface area contributed by atoms with E-state index < -0.39 is 0 Å². The fourth-order valence-corrected chi connectivity index (χ4v) is 14.8. The normalized spacial score (nSPS) is 19.4. The quantitative estimate of drug-likeness (QED) is 0.165. The predicted molar refractivity (Wildman–Crippen MR) is 306 cm³/mol. The number of benzene rings is 8. The number of aryl methyl sites for hydroxylation is 1. The SMILES string of the molecule is Cc1cc2c3c(c1)N(c1cccc4sc5ccccc5c14)c1ccc(C(C)(C)C)cc1B3c1ccc(N3c4ccc(C(C)(C)C)cc4C4(C)CCCC[C@@]34C)cc1N2c1cccc2c1oc1ccccc12. The van der Waals surface area contributed by atoms with Gasteiger partial charge in [-0.1, -0.05) is 146 Å². The molecule has 14 rings (SSSR count). The third-order valence-corrected chi connectivity index (χ3v) is 18.7. The minimum atomic E-state index is -0.107. The lowest BCUT2D eigenvalue weighted by atomic mass is 9.33.